The standard InChI is InChI=1S/C15H20FN/c1-2-5-12-6-3-4-7-15(12)17-14-10-8-13(16)9-11-14/h2,8-12,15,17H,1,3-7H2. The van der Waals surface area contributed by atoms with Crippen molar-refractivity contribution < 1.29 is 4.39 Å². The Morgan fingerprint density at radius 1 is 1.24 bits per heavy atom. The number of halogens is 1. The summed E-state index contributed by atoms with van der Waals surface area (Å²) in [5, 5.41) is 3.53. The second-order valence-corrected chi connectivity index (χ2v) is 4.83. The Morgan fingerprint density at radius 3 is 2.65 bits per heavy atom. The highest BCUT2D eigenvalue weighted by Gasteiger charge is 2.23. The highest BCUT2D eigenvalue weighted by Crippen LogP contribution is 2.29. The molecule has 2 atom stereocenters. The molecule has 17 heavy (non-hydrogen) atoms. The van der Waals surface area contributed by atoms with E-state index < -0.39 is 0 Å². The summed E-state index contributed by atoms with van der Waals surface area (Å²) in [4.78, 5) is 0. The highest BCUT2D eigenvalue weighted by atomic mass is 19.1. The molecule has 1 fully saturated rings. The molecule has 1 aromatic rings. The van der Waals surface area contributed by atoms with Gasteiger partial charge in [0.05, 0.1) is 0 Å². The Balaban J connectivity index is 1.99. The van der Waals surface area contributed by atoms with Gasteiger partial charge in [-0.25, -0.2) is 4.39 Å². The summed E-state index contributed by atoms with van der Waals surface area (Å²) in [5.74, 6) is 0.494. The zero-order valence-corrected chi connectivity index (χ0v) is 10.2. The Kier molecular flexibility index (Phi) is 4.18. The first-order valence-corrected chi connectivity index (χ1v) is 6.42. The molecule has 1 nitrogen and oxygen atoms in total. The Labute approximate surface area is 103 Å². The lowest BCUT2D eigenvalue weighted by Gasteiger charge is -2.32. The van der Waals surface area contributed by atoms with Gasteiger partial charge in [-0.2, -0.15) is 0 Å². The molecular weight excluding hydrogens is 213 g/mol. The molecule has 0 saturated heterocycles. The molecule has 0 bridgehead atoms. The lowest BCUT2D eigenvalue weighted by atomic mass is 9.82. The van der Waals surface area contributed by atoms with Crippen LogP contribution in [0.15, 0.2) is 36.9 Å². The van der Waals surface area contributed by atoms with E-state index in [9.17, 15) is 4.39 Å². The van der Waals surface area contributed by atoms with Gasteiger partial charge in [-0.15, -0.1) is 6.58 Å². The Bertz CT molecular complexity index is 358. The second-order valence-electron chi connectivity index (χ2n) is 4.83. The lowest BCUT2D eigenvalue weighted by Crippen LogP contribution is -2.31. The lowest BCUT2D eigenvalue weighted by molar-refractivity contribution is 0.328. The SMILES string of the molecule is C=CCC1CCCCC1Nc1ccc(F)cc1. The second kappa shape index (κ2) is 5.85. The minimum Gasteiger partial charge on any atom is -0.382 e. The predicted molar refractivity (Wildman–Crippen MR) is 70.6 cm³/mol. The van der Waals surface area contributed by atoms with Crippen molar-refractivity contribution in [1.82, 2.24) is 0 Å². The molecule has 1 aliphatic carbocycles. The van der Waals surface area contributed by atoms with E-state index in [1.54, 1.807) is 0 Å². The van der Waals surface area contributed by atoms with Gasteiger partial charge in [0.2, 0.25) is 0 Å². The summed E-state index contributed by atoms with van der Waals surface area (Å²) in [5.41, 5.74) is 1.02. The molecule has 1 N–H and O–H groups in total. The topological polar surface area (TPSA) is 12.0 Å². The molecule has 0 amide bonds. The number of anilines is 1. The van der Waals surface area contributed by atoms with E-state index in [0.717, 1.165) is 12.1 Å². The minimum atomic E-state index is -0.179. The molecule has 2 unspecified atom stereocenters. The first kappa shape index (κ1) is 12.2. The van der Waals surface area contributed by atoms with Crippen molar-refractivity contribution >= 4 is 5.69 Å². The van der Waals surface area contributed by atoms with Crippen molar-refractivity contribution in [2.24, 2.45) is 5.92 Å². The van der Waals surface area contributed by atoms with Crippen LogP contribution in [-0.4, -0.2) is 6.04 Å². The summed E-state index contributed by atoms with van der Waals surface area (Å²) in [6.07, 6.45) is 8.15. The maximum Gasteiger partial charge on any atom is 0.123 e. The minimum absolute atomic E-state index is 0.179. The molecule has 1 aromatic carbocycles. The molecule has 2 heteroatoms. The van der Waals surface area contributed by atoms with E-state index in [1.807, 2.05) is 18.2 Å². The number of hydrogen-bond donors (Lipinski definition) is 1. The van der Waals surface area contributed by atoms with Crippen molar-refractivity contribution in [3.05, 3.63) is 42.7 Å². The number of benzene rings is 1. The number of allylic oxidation sites excluding steroid dienone is 1. The van der Waals surface area contributed by atoms with E-state index >= 15 is 0 Å². The first-order chi connectivity index (χ1) is 8.29. The molecule has 0 radical (unpaired) electrons. The average Bonchev–Trinajstić information content (AvgIpc) is 2.35. The maximum absolute atomic E-state index is 12.8. The van der Waals surface area contributed by atoms with Crippen LogP contribution in [0.5, 0.6) is 0 Å². The van der Waals surface area contributed by atoms with Crippen molar-refractivity contribution in [1.29, 1.82) is 0 Å². The van der Waals surface area contributed by atoms with Crippen molar-refractivity contribution in [3.63, 3.8) is 0 Å². The number of nitrogens with one attached hydrogen (secondary N) is 1. The Morgan fingerprint density at radius 2 is 1.94 bits per heavy atom. The van der Waals surface area contributed by atoms with Crippen LogP contribution in [0.4, 0.5) is 10.1 Å². The fourth-order valence-corrected chi connectivity index (χ4v) is 2.65. The molecule has 92 valence electrons. The fraction of sp³-hybridized carbons (Fsp3) is 0.467. The smallest absolute Gasteiger partial charge is 0.123 e. The van der Waals surface area contributed by atoms with Gasteiger partial charge < -0.3 is 5.32 Å². The third kappa shape index (κ3) is 3.32. The predicted octanol–water partition coefficient (Wildman–Crippen LogP) is 4.37. The van der Waals surface area contributed by atoms with Crippen molar-refractivity contribution in [3.8, 4) is 0 Å². The molecule has 1 saturated carbocycles. The summed E-state index contributed by atoms with van der Waals surface area (Å²) >= 11 is 0. The monoisotopic (exact) mass is 233 g/mol. The largest absolute Gasteiger partial charge is 0.382 e. The van der Waals surface area contributed by atoms with Crippen LogP contribution >= 0.6 is 0 Å². The van der Waals surface area contributed by atoms with E-state index in [0.29, 0.717) is 12.0 Å². The summed E-state index contributed by atoms with van der Waals surface area (Å²) in [6, 6.07) is 7.15. The van der Waals surface area contributed by atoms with Crippen LogP contribution in [0.2, 0.25) is 0 Å². The third-order valence-corrected chi connectivity index (χ3v) is 3.57. The molecular formula is C15H20FN. The molecule has 2 rings (SSSR count). The van der Waals surface area contributed by atoms with Crippen LogP contribution in [-0.2, 0) is 0 Å². The van der Waals surface area contributed by atoms with Gasteiger partial charge in [-0.1, -0.05) is 18.9 Å². The van der Waals surface area contributed by atoms with Gasteiger partial charge in [0.25, 0.3) is 0 Å². The highest BCUT2D eigenvalue weighted by molar-refractivity contribution is 5.44. The third-order valence-electron chi connectivity index (χ3n) is 3.57. The summed E-state index contributed by atoms with van der Waals surface area (Å²) < 4.78 is 12.8. The number of hydrogen-bond acceptors (Lipinski definition) is 1. The Hall–Kier alpha value is -1.31. The van der Waals surface area contributed by atoms with Crippen molar-refractivity contribution in [2.75, 3.05) is 5.32 Å². The zero-order chi connectivity index (χ0) is 12.1. The maximum atomic E-state index is 12.8. The van der Waals surface area contributed by atoms with Crippen LogP contribution in [0, 0.1) is 11.7 Å². The molecule has 0 spiro atoms. The summed E-state index contributed by atoms with van der Waals surface area (Å²) in [7, 11) is 0. The van der Waals surface area contributed by atoms with Gasteiger partial charge in [-0.3, -0.25) is 0 Å². The van der Waals surface area contributed by atoms with Crippen LogP contribution in [0.25, 0.3) is 0 Å². The fourth-order valence-electron chi connectivity index (χ4n) is 2.65. The van der Waals surface area contributed by atoms with Gasteiger partial charge in [0, 0.05) is 11.7 Å². The van der Waals surface area contributed by atoms with Gasteiger partial charge in [-0.05, 0) is 49.4 Å². The van der Waals surface area contributed by atoms with Crippen LogP contribution in [0.1, 0.15) is 32.1 Å². The van der Waals surface area contributed by atoms with Crippen LogP contribution < -0.4 is 5.32 Å². The van der Waals surface area contributed by atoms with Crippen LogP contribution in [0.3, 0.4) is 0 Å². The van der Waals surface area contributed by atoms with E-state index in [1.165, 1.54) is 37.8 Å². The molecule has 0 aromatic heterocycles. The normalized spacial score (nSPS) is 24.3. The molecule has 0 aliphatic heterocycles. The van der Waals surface area contributed by atoms with E-state index in [4.69, 9.17) is 0 Å². The molecule has 0 heterocycles. The summed E-state index contributed by atoms with van der Waals surface area (Å²) in [6.45, 7) is 3.83. The van der Waals surface area contributed by atoms with Crippen molar-refractivity contribution in [2.45, 2.75) is 38.1 Å². The van der Waals surface area contributed by atoms with Gasteiger partial charge >= 0.3 is 0 Å². The van der Waals surface area contributed by atoms with E-state index in [-0.39, 0.29) is 5.82 Å². The quantitative estimate of drug-likeness (QED) is 0.761. The van der Waals surface area contributed by atoms with Gasteiger partial charge in [0.1, 0.15) is 5.82 Å². The first-order valence-electron chi connectivity index (χ1n) is 6.42. The number of rotatable bonds is 4. The van der Waals surface area contributed by atoms with E-state index in [2.05, 4.69) is 11.9 Å². The zero-order valence-electron chi connectivity index (χ0n) is 10.2. The van der Waals surface area contributed by atoms with Gasteiger partial charge in [0.15, 0.2) is 0 Å². The molecule has 1 aliphatic rings. The average molecular weight is 233 g/mol.